The van der Waals surface area contributed by atoms with Crippen LogP contribution in [0.5, 0.6) is 0 Å². The van der Waals surface area contributed by atoms with Crippen LogP contribution in [0.1, 0.15) is 51.7 Å². The number of nitrogens with zero attached hydrogens (tertiary/aromatic N) is 2. The lowest BCUT2D eigenvalue weighted by molar-refractivity contribution is 0.589. The van der Waals surface area contributed by atoms with E-state index in [1.165, 1.54) is 113 Å². The zero-order valence-corrected chi connectivity index (χ0v) is 36.6. The highest BCUT2D eigenvalue weighted by molar-refractivity contribution is 8.00. The maximum absolute atomic E-state index is 2.67. The summed E-state index contributed by atoms with van der Waals surface area (Å²) in [7, 11) is 0. The summed E-state index contributed by atoms with van der Waals surface area (Å²) in [5, 5.41) is 5.31. The first-order valence-electron chi connectivity index (χ1n) is 21.8. The first kappa shape index (κ1) is 36.8. The molecule has 2 aliphatic rings. The van der Waals surface area contributed by atoms with Gasteiger partial charge in [0.2, 0.25) is 6.71 Å². The van der Waals surface area contributed by atoms with Crippen LogP contribution in [0, 0.1) is 0 Å². The standard InChI is InChI=1S/C56H45BN2S2/c1-5-6-16-37-29-43-42-21-12-15-24-51(42)60-52(43)34-49(37)59-48-28-25-36(35-17-8-7-9-18-35)30-45(48)57-44-27-26-39(58-46-22-13-10-19-40(46)41-20-11-14-23-47(41)58)33-53(44)61-54-32-38(56(2,3)4)31-50(59)55(54)57/h7-15,17-34H,5-6,16H2,1-4H3. The van der Waals surface area contributed by atoms with Gasteiger partial charge in [0.05, 0.1) is 16.7 Å². The van der Waals surface area contributed by atoms with Crippen molar-refractivity contribution in [3.8, 4) is 16.8 Å². The van der Waals surface area contributed by atoms with Gasteiger partial charge in [-0.15, -0.1) is 11.3 Å². The van der Waals surface area contributed by atoms with Crippen LogP contribution < -0.4 is 21.3 Å². The maximum atomic E-state index is 2.67. The van der Waals surface area contributed by atoms with Crippen LogP contribution in [0.3, 0.4) is 0 Å². The van der Waals surface area contributed by atoms with Crippen molar-refractivity contribution in [2.75, 3.05) is 4.90 Å². The predicted octanol–water partition coefficient (Wildman–Crippen LogP) is 14.2. The molecule has 0 atom stereocenters. The molecule has 10 aromatic rings. The molecule has 4 heterocycles. The highest BCUT2D eigenvalue weighted by Gasteiger charge is 2.42. The fourth-order valence-electron chi connectivity index (χ4n) is 10.2. The molecule has 0 unspecified atom stereocenters. The van der Waals surface area contributed by atoms with E-state index in [0.717, 1.165) is 19.3 Å². The molecule has 5 heteroatoms. The number of hydrogen-bond acceptors (Lipinski definition) is 3. The Morgan fingerprint density at radius 3 is 2.02 bits per heavy atom. The molecule has 2 aromatic heterocycles. The van der Waals surface area contributed by atoms with Crippen molar-refractivity contribution in [1.82, 2.24) is 4.57 Å². The number of unbranched alkanes of at least 4 members (excludes halogenated alkanes) is 1. The molecule has 0 fully saturated rings. The number of anilines is 3. The van der Waals surface area contributed by atoms with Gasteiger partial charge in [0.15, 0.2) is 0 Å². The van der Waals surface area contributed by atoms with E-state index in [1.54, 1.807) is 0 Å². The average Bonchev–Trinajstić information content (AvgIpc) is 3.82. The number of thiophene rings is 1. The van der Waals surface area contributed by atoms with Gasteiger partial charge in [-0.05, 0) is 112 Å². The second-order valence-corrected chi connectivity index (χ2v) is 20.1. The lowest BCUT2D eigenvalue weighted by atomic mass is 9.34. The van der Waals surface area contributed by atoms with Gasteiger partial charge < -0.3 is 9.47 Å². The summed E-state index contributed by atoms with van der Waals surface area (Å²) in [5.41, 5.74) is 17.0. The quantitative estimate of drug-likeness (QED) is 0.154. The van der Waals surface area contributed by atoms with Crippen molar-refractivity contribution in [3.63, 3.8) is 0 Å². The molecule has 0 amide bonds. The molecule has 2 aliphatic heterocycles. The van der Waals surface area contributed by atoms with E-state index in [4.69, 9.17) is 0 Å². The van der Waals surface area contributed by atoms with E-state index in [1.807, 2.05) is 23.1 Å². The molecule has 61 heavy (non-hydrogen) atoms. The molecule has 0 saturated carbocycles. The van der Waals surface area contributed by atoms with E-state index < -0.39 is 0 Å². The van der Waals surface area contributed by atoms with Crippen LogP contribution >= 0.6 is 23.1 Å². The van der Waals surface area contributed by atoms with E-state index in [0.29, 0.717) is 0 Å². The second-order valence-electron chi connectivity index (χ2n) is 17.9. The van der Waals surface area contributed by atoms with Crippen molar-refractivity contribution in [2.45, 2.75) is 62.2 Å². The fraction of sp³-hybridized carbons (Fsp3) is 0.143. The summed E-state index contributed by atoms with van der Waals surface area (Å²) in [6.45, 7) is 9.48. The Bertz CT molecular complexity index is 3330. The summed E-state index contributed by atoms with van der Waals surface area (Å²) >= 11 is 3.88. The molecule has 0 aliphatic carbocycles. The van der Waals surface area contributed by atoms with E-state index in [9.17, 15) is 0 Å². The van der Waals surface area contributed by atoms with Gasteiger partial charge >= 0.3 is 0 Å². The molecule has 12 rings (SSSR count). The lowest BCUT2D eigenvalue weighted by Gasteiger charge is -2.42. The van der Waals surface area contributed by atoms with Gasteiger partial charge in [-0.1, -0.05) is 154 Å². The zero-order valence-electron chi connectivity index (χ0n) is 35.0. The smallest absolute Gasteiger partial charge is 0.249 e. The van der Waals surface area contributed by atoms with E-state index in [-0.39, 0.29) is 12.1 Å². The fourth-order valence-corrected chi connectivity index (χ4v) is 12.5. The lowest BCUT2D eigenvalue weighted by Crippen LogP contribution is -2.60. The third-order valence-electron chi connectivity index (χ3n) is 13.2. The Hall–Kier alpha value is -6.01. The van der Waals surface area contributed by atoms with Crippen LogP contribution in [-0.2, 0) is 11.8 Å². The summed E-state index contributed by atoms with van der Waals surface area (Å²) in [6.07, 6.45) is 3.34. The second kappa shape index (κ2) is 14.0. The van der Waals surface area contributed by atoms with E-state index >= 15 is 0 Å². The third kappa shape index (κ3) is 5.77. The van der Waals surface area contributed by atoms with Crippen LogP contribution in [0.15, 0.2) is 174 Å². The number of benzene rings is 8. The predicted molar refractivity (Wildman–Crippen MR) is 266 cm³/mol. The molecule has 0 radical (unpaired) electrons. The summed E-state index contributed by atoms with van der Waals surface area (Å²) < 4.78 is 5.16. The normalized spacial score (nSPS) is 13.3. The van der Waals surface area contributed by atoms with Gasteiger partial charge in [-0.25, -0.2) is 0 Å². The minimum Gasteiger partial charge on any atom is -0.311 e. The molecule has 0 bridgehead atoms. The van der Waals surface area contributed by atoms with Crippen molar-refractivity contribution in [3.05, 3.63) is 175 Å². The summed E-state index contributed by atoms with van der Waals surface area (Å²) in [4.78, 5) is 5.36. The van der Waals surface area contributed by atoms with E-state index in [2.05, 4.69) is 201 Å². The number of rotatable bonds is 6. The number of para-hydroxylation sites is 2. The molecule has 0 spiro atoms. The van der Waals surface area contributed by atoms with Crippen LogP contribution in [0.25, 0.3) is 58.8 Å². The minimum atomic E-state index is -0.0454. The zero-order chi connectivity index (χ0) is 41.0. The summed E-state index contributed by atoms with van der Waals surface area (Å²) in [5.74, 6) is 0. The van der Waals surface area contributed by atoms with Crippen LogP contribution in [-0.4, -0.2) is 11.3 Å². The first-order chi connectivity index (χ1) is 29.8. The monoisotopic (exact) mass is 820 g/mol. The molecule has 2 nitrogen and oxygen atoms in total. The highest BCUT2D eigenvalue weighted by Crippen LogP contribution is 2.48. The van der Waals surface area contributed by atoms with Gasteiger partial charge in [0.25, 0.3) is 0 Å². The topological polar surface area (TPSA) is 8.17 Å². The molecule has 294 valence electrons. The van der Waals surface area contributed by atoms with Gasteiger partial charge in [0.1, 0.15) is 0 Å². The van der Waals surface area contributed by atoms with Crippen molar-refractivity contribution >= 4 is 105 Å². The van der Waals surface area contributed by atoms with Gasteiger partial charge in [-0.3, -0.25) is 0 Å². The molecular weight excluding hydrogens is 776 g/mol. The first-order valence-corrected chi connectivity index (χ1v) is 23.4. The number of fused-ring (bicyclic) bond motifs is 10. The van der Waals surface area contributed by atoms with Crippen molar-refractivity contribution in [1.29, 1.82) is 0 Å². The maximum Gasteiger partial charge on any atom is 0.249 e. The largest absolute Gasteiger partial charge is 0.311 e. The Kier molecular flexibility index (Phi) is 8.46. The molecule has 0 saturated heterocycles. The Balaban J connectivity index is 1.13. The molecule has 8 aromatic carbocycles. The third-order valence-corrected chi connectivity index (χ3v) is 15.5. The Morgan fingerprint density at radius 1 is 0.541 bits per heavy atom. The van der Waals surface area contributed by atoms with Crippen molar-refractivity contribution < 1.29 is 0 Å². The van der Waals surface area contributed by atoms with Gasteiger partial charge in [0, 0.05) is 57.8 Å². The SMILES string of the molecule is CCCCc1cc2c(cc1N1c3ccc(-c4ccccc4)cc3B3c4ccc(-n5c6ccccc6c6ccccc65)cc4Sc4cc(C(C)(C)C)cc1c43)sc1ccccc12. The van der Waals surface area contributed by atoms with Crippen molar-refractivity contribution in [2.24, 2.45) is 0 Å². The molecule has 0 N–H and O–H groups in total. The van der Waals surface area contributed by atoms with Gasteiger partial charge in [-0.2, -0.15) is 0 Å². The van der Waals surface area contributed by atoms with Crippen LogP contribution in [0.4, 0.5) is 17.1 Å². The molecular formula is C56H45BN2S2. The summed E-state index contributed by atoms with van der Waals surface area (Å²) in [6, 6.07) is 62.3. The minimum absolute atomic E-state index is 0.0454. The van der Waals surface area contributed by atoms with Crippen LogP contribution in [0.2, 0.25) is 0 Å². The number of aromatic nitrogens is 1. The Labute approximate surface area is 366 Å². The highest BCUT2D eigenvalue weighted by atomic mass is 32.2. The average molecular weight is 821 g/mol. The number of aryl methyl sites for hydroxylation is 1. The number of hydrogen-bond donors (Lipinski definition) is 0. The Morgan fingerprint density at radius 2 is 1.26 bits per heavy atom.